The van der Waals surface area contributed by atoms with Crippen molar-refractivity contribution >= 4 is 15.7 Å². The minimum atomic E-state index is -3.63. The topological polar surface area (TPSA) is 119 Å². The fourth-order valence-electron chi connectivity index (χ4n) is 1.69. The summed E-state index contributed by atoms with van der Waals surface area (Å²) in [5.74, 6) is 0.460. The Labute approximate surface area is 121 Å². The van der Waals surface area contributed by atoms with Gasteiger partial charge in [-0.1, -0.05) is 0 Å². The first-order valence-corrected chi connectivity index (χ1v) is 7.68. The highest BCUT2D eigenvalue weighted by atomic mass is 32.2. The van der Waals surface area contributed by atoms with E-state index in [0.29, 0.717) is 11.3 Å². The number of nitrogens with two attached hydrogens (primary N) is 1. The maximum absolute atomic E-state index is 11.6. The Morgan fingerprint density at radius 2 is 1.86 bits per heavy atom. The number of hydrogen-bond donors (Lipinski definition) is 1. The summed E-state index contributed by atoms with van der Waals surface area (Å²) >= 11 is 0. The molecule has 0 saturated heterocycles. The lowest BCUT2D eigenvalue weighted by Gasteiger charge is -2.08. The van der Waals surface area contributed by atoms with E-state index < -0.39 is 15.0 Å². The summed E-state index contributed by atoms with van der Waals surface area (Å²) in [6, 6.07) is 8.56. The maximum Gasteiger partial charge on any atom is 0.249 e. The molecule has 1 aromatic carbocycles. The zero-order valence-electron chi connectivity index (χ0n) is 11.4. The third kappa shape index (κ3) is 2.93. The van der Waals surface area contributed by atoms with Gasteiger partial charge in [-0.25, -0.2) is 13.4 Å². The third-order valence-electron chi connectivity index (χ3n) is 2.72. The summed E-state index contributed by atoms with van der Waals surface area (Å²) in [7, 11) is -2.10. The van der Waals surface area contributed by atoms with Crippen molar-refractivity contribution in [2.24, 2.45) is 0 Å². The largest absolute Gasteiger partial charge is 0.497 e. The van der Waals surface area contributed by atoms with Crippen molar-refractivity contribution in [1.82, 2.24) is 9.97 Å². The first kappa shape index (κ1) is 14.7. The summed E-state index contributed by atoms with van der Waals surface area (Å²) in [5.41, 5.74) is 6.42. The smallest absolute Gasteiger partial charge is 0.249 e. The molecule has 0 aliphatic carbocycles. The number of nitrogen functional groups attached to an aromatic ring is 1. The molecule has 0 bridgehead atoms. The molecule has 108 valence electrons. The van der Waals surface area contributed by atoms with Crippen molar-refractivity contribution < 1.29 is 13.2 Å². The Morgan fingerprint density at radius 1 is 1.24 bits per heavy atom. The maximum atomic E-state index is 11.6. The van der Waals surface area contributed by atoms with Crippen LogP contribution in [0.2, 0.25) is 0 Å². The number of ether oxygens (including phenoxy) is 1. The van der Waals surface area contributed by atoms with E-state index in [-0.39, 0.29) is 17.1 Å². The standard InChI is InChI=1S/C13H12N4O3S/c1-20-9-5-3-8(4-6-9)11-10(7-14)12(15)17-13(16-11)21(2,18)19/h3-6H,1-2H3,(H2,15,16,17). The molecule has 0 aliphatic rings. The number of methoxy groups -OCH3 is 1. The van der Waals surface area contributed by atoms with Gasteiger partial charge in [-0.15, -0.1) is 0 Å². The summed E-state index contributed by atoms with van der Waals surface area (Å²) in [4.78, 5) is 7.63. The second-order valence-corrected chi connectivity index (χ2v) is 6.14. The molecule has 21 heavy (non-hydrogen) atoms. The van der Waals surface area contributed by atoms with E-state index in [1.165, 1.54) is 7.11 Å². The summed E-state index contributed by atoms with van der Waals surface area (Å²) in [6.07, 6.45) is 0.978. The van der Waals surface area contributed by atoms with Crippen molar-refractivity contribution in [3.05, 3.63) is 29.8 Å². The number of nitriles is 1. The number of rotatable bonds is 3. The van der Waals surface area contributed by atoms with E-state index in [9.17, 15) is 13.7 Å². The second-order valence-electron chi connectivity index (χ2n) is 4.23. The van der Waals surface area contributed by atoms with Gasteiger partial charge in [0.1, 0.15) is 23.2 Å². The number of sulfone groups is 1. The van der Waals surface area contributed by atoms with Gasteiger partial charge in [0.25, 0.3) is 0 Å². The zero-order valence-corrected chi connectivity index (χ0v) is 12.2. The predicted octanol–water partition coefficient (Wildman–Crippen LogP) is 1.01. The van der Waals surface area contributed by atoms with E-state index in [2.05, 4.69) is 9.97 Å². The Bertz CT molecular complexity index is 824. The molecule has 0 saturated carbocycles. The first-order chi connectivity index (χ1) is 9.86. The van der Waals surface area contributed by atoms with Gasteiger partial charge in [-0.3, -0.25) is 0 Å². The molecule has 0 spiro atoms. The zero-order chi connectivity index (χ0) is 15.6. The van der Waals surface area contributed by atoms with Crippen LogP contribution >= 0.6 is 0 Å². The van der Waals surface area contributed by atoms with Gasteiger partial charge in [-0.2, -0.15) is 10.2 Å². The van der Waals surface area contributed by atoms with Gasteiger partial charge >= 0.3 is 0 Å². The first-order valence-electron chi connectivity index (χ1n) is 5.79. The van der Waals surface area contributed by atoms with Crippen LogP contribution in [-0.4, -0.2) is 31.8 Å². The lowest BCUT2D eigenvalue weighted by Crippen LogP contribution is -2.09. The average Bonchev–Trinajstić information content (AvgIpc) is 2.45. The minimum absolute atomic E-state index is 0.0348. The molecule has 2 aromatic rings. The molecule has 0 aliphatic heterocycles. The molecule has 0 amide bonds. The molecule has 0 radical (unpaired) electrons. The normalized spacial score (nSPS) is 10.9. The molecule has 7 nitrogen and oxygen atoms in total. The van der Waals surface area contributed by atoms with Crippen molar-refractivity contribution in [3.8, 4) is 23.1 Å². The van der Waals surface area contributed by atoms with Crippen LogP contribution in [0.4, 0.5) is 5.82 Å². The van der Waals surface area contributed by atoms with E-state index in [1.807, 2.05) is 6.07 Å². The van der Waals surface area contributed by atoms with Crippen molar-refractivity contribution in [2.45, 2.75) is 5.16 Å². The Kier molecular flexibility index (Phi) is 3.78. The SMILES string of the molecule is COc1ccc(-c2nc(S(C)(=O)=O)nc(N)c2C#N)cc1. The van der Waals surface area contributed by atoms with Gasteiger partial charge in [-0.05, 0) is 24.3 Å². The van der Waals surface area contributed by atoms with Crippen molar-refractivity contribution in [1.29, 1.82) is 5.26 Å². The van der Waals surface area contributed by atoms with Gasteiger partial charge < -0.3 is 10.5 Å². The fourth-order valence-corrected chi connectivity index (χ4v) is 2.21. The predicted molar refractivity (Wildman–Crippen MR) is 76.3 cm³/mol. The van der Waals surface area contributed by atoms with Crippen LogP contribution in [0.25, 0.3) is 11.3 Å². The van der Waals surface area contributed by atoms with Crippen molar-refractivity contribution in [3.63, 3.8) is 0 Å². The average molecular weight is 304 g/mol. The number of aromatic nitrogens is 2. The molecule has 8 heteroatoms. The van der Waals surface area contributed by atoms with Gasteiger partial charge in [0.15, 0.2) is 0 Å². The fraction of sp³-hybridized carbons (Fsp3) is 0.154. The lowest BCUT2D eigenvalue weighted by molar-refractivity contribution is 0.415. The number of anilines is 1. The summed E-state index contributed by atoms with van der Waals surface area (Å²) in [6.45, 7) is 0. The van der Waals surface area contributed by atoms with E-state index >= 15 is 0 Å². The Balaban J connectivity index is 2.71. The molecule has 0 unspecified atom stereocenters. The highest BCUT2D eigenvalue weighted by Crippen LogP contribution is 2.27. The molecule has 2 N–H and O–H groups in total. The summed E-state index contributed by atoms with van der Waals surface area (Å²) in [5, 5.41) is 8.76. The molecular formula is C13H12N4O3S. The molecule has 1 aromatic heterocycles. The van der Waals surface area contributed by atoms with Crippen LogP contribution in [0.1, 0.15) is 5.56 Å². The Hall–Kier alpha value is -2.66. The van der Waals surface area contributed by atoms with E-state index in [4.69, 9.17) is 10.5 Å². The highest BCUT2D eigenvalue weighted by molar-refractivity contribution is 7.90. The minimum Gasteiger partial charge on any atom is -0.497 e. The van der Waals surface area contributed by atoms with Crippen LogP contribution in [0.3, 0.4) is 0 Å². The number of nitrogens with zero attached hydrogens (tertiary/aromatic N) is 3. The molecule has 0 atom stereocenters. The third-order valence-corrected chi connectivity index (χ3v) is 3.57. The Morgan fingerprint density at radius 3 is 2.33 bits per heavy atom. The van der Waals surface area contributed by atoms with Crippen molar-refractivity contribution in [2.75, 3.05) is 19.1 Å². The van der Waals surface area contributed by atoms with E-state index in [1.54, 1.807) is 24.3 Å². The number of hydrogen-bond acceptors (Lipinski definition) is 7. The summed E-state index contributed by atoms with van der Waals surface area (Å²) < 4.78 is 28.2. The monoisotopic (exact) mass is 304 g/mol. The van der Waals surface area contributed by atoms with Crippen LogP contribution in [0, 0.1) is 11.3 Å². The lowest BCUT2D eigenvalue weighted by atomic mass is 10.1. The van der Waals surface area contributed by atoms with Crippen LogP contribution in [-0.2, 0) is 9.84 Å². The molecule has 0 fully saturated rings. The number of benzene rings is 1. The quantitative estimate of drug-likeness (QED) is 0.840. The van der Waals surface area contributed by atoms with Crippen LogP contribution in [0.15, 0.2) is 29.4 Å². The van der Waals surface area contributed by atoms with Crippen LogP contribution in [0.5, 0.6) is 5.75 Å². The molecule has 1 heterocycles. The van der Waals surface area contributed by atoms with Gasteiger partial charge in [0.2, 0.25) is 15.0 Å². The molecular weight excluding hydrogens is 292 g/mol. The van der Waals surface area contributed by atoms with E-state index in [0.717, 1.165) is 6.26 Å². The van der Waals surface area contributed by atoms with Gasteiger partial charge in [0, 0.05) is 11.8 Å². The highest BCUT2D eigenvalue weighted by Gasteiger charge is 2.19. The molecule has 2 rings (SSSR count). The second kappa shape index (κ2) is 5.38. The van der Waals surface area contributed by atoms with Gasteiger partial charge in [0.05, 0.1) is 12.8 Å². The van der Waals surface area contributed by atoms with Crippen LogP contribution < -0.4 is 10.5 Å².